The Morgan fingerprint density at radius 3 is 2.89 bits per heavy atom. The van der Waals surface area contributed by atoms with Crippen LogP contribution in [0.5, 0.6) is 0 Å². The van der Waals surface area contributed by atoms with Crippen LogP contribution in [0.4, 0.5) is 5.82 Å². The molecule has 3 aromatic heterocycles. The number of carbonyl (C=O) groups excluding carboxylic acids is 1. The molecule has 8 heteroatoms. The normalized spacial score (nSPS) is 14.4. The van der Waals surface area contributed by atoms with Gasteiger partial charge in [0.2, 0.25) is 0 Å². The molecule has 0 atom stereocenters. The maximum Gasteiger partial charge on any atom is 0.164 e. The number of fused-ring (bicyclic) bond motifs is 2. The first-order valence-corrected chi connectivity index (χ1v) is 10.2. The van der Waals surface area contributed by atoms with Crippen molar-refractivity contribution in [3.05, 3.63) is 29.5 Å². The van der Waals surface area contributed by atoms with E-state index in [9.17, 15) is 4.79 Å². The zero-order chi connectivity index (χ0) is 19.4. The monoisotopic (exact) mass is 392 g/mol. The Morgan fingerprint density at radius 1 is 1.32 bits per heavy atom. The summed E-state index contributed by atoms with van der Waals surface area (Å²) in [6, 6.07) is 6.19. The van der Waals surface area contributed by atoms with Crippen LogP contribution in [-0.2, 0) is 11.2 Å². The Morgan fingerprint density at radius 2 is 2.14 bits per heavy atom. The van der Waals surface area contributed by atoms with Gasteiger partial charge in [0.1, 0.15) is 28.6 Å². The molecule has 0 aliphatic heterocycles. The zero-order valence-corrected chi connectivity index (χ0v) is 16.5. The van der Waals surface area contributed by atoms with Crippen molar-refractivity contribution >= 4 is 44.2 Å². The van der Waals surface area contributed by atoms with Gasteiger partial charge in [-0.25, -0.2) is 19.6 Å². The minimum absolute atomic E-state index is 0.151. The third kappa shape index (κ3) is 2.84. The summed E-state index contributed by atoms with van der Waals surface area (Å²) in [5.74, 6) is 0.995. The Labute approximate surface area is 165 Å². The molecule has 1 fully saturated rings. The third-order valence-electron chi connectivity index (χ3n) is 5.07. The van der Waals surface area contributed by atoms with Gasteiger partial charge in [0.15, 0.2) is 5.65 Å². The van der Waals surface area contributed by atoms with Crippen molar-refractivity contribution in [1.29, 1.82) is 0 Å². The van der Waals surface area contributed by atoms with Gasteiger partial charge in [0, 0.05) is 17.5 Å². The van der Waals surface area contributed by atoms with Gasteiger partial charge in [-0.15, -0.1) is 11.3 Å². The van der Waals surface area contributed by atoms with Crippen LogP contribution in [0.25, 0.3) is 32.5 Å². The molecule has 0 saturated heterocycles. The van der Waals surface area contributed by atoms with Crippen molar-refractivity contribution in [2.75, 3.05) is 5.73 Å². The van der Waals surface area contributed by atoms with E-state index in [1.807, 2.05) is 16.8 Å². The highest BCUT2D eigenvalue weighted by Gasteiger charge is 2.30. The number of hydrogen-bond acceptors (Lipinski definition) is 7. The molecule has 5 rings (SSSR count). The van der Waals surface area contributed by atoms with Crippen molar-refractivity contribution in [3.63, 3.8) is 0 Å². The van der Waals surface area contributed by atoms with E-state index in [0.29, 0.717) is 18.0 Å². The SMILES string of the molecule is CC(C)n1nc(-c2ccc3nc(CC(=O)C4CC4)sc3c2)c2c(N)ncnc21. The van der Waals surface area contributed by atoms with E-state index in [2.05, 4.69) is 34.9 Å². The summed E-state index contributed by atoms with van der Waals surface area (Å²) in [6.07, 6.45) is 3.97. The molecule has 0 radical (unpaired) electrons. The number of carbonyl (C=O) groups is 1. The maximum absolute atomic E-state index is 12.1. The number of aromatic nitrogens is 5. The molecule has 1 saturated carbocycles. The number of nitrogen functional groups attached to an aromatic ring is 1. The zero-order valence-electron chi connectivity index (χ0n) is 15.7. The summed E-state index contributed by atoms with van der Waals surface area (Å²) >= 11 is 1.57. The molecule has 7 nitrogen and oxygen atoms in total. The van der Waals surface area contributed by atoms with Crippen LogP contribution in [0.3, 0.4) is 0 Å². The first-order valence-electron chi connectivity index (χ1n) is 9.42. The number of Topliss-reactive ketones (excluding diaryl/α,β-unsaturated/α-hetero) is 1. The van der Waals surface area contributed by atoms with Gasteiger partial charge in [-0.1, -0.05) is 6.07 Å². The van der Waals surface area contributed by atoms with Crippen molar-refractivity contribution in [2.24, 2.45) is 5.92 Å². The minimum atomic E-state index is 0.151. The van der Waals surface area contributed by atoms with Gasteiger partial charge in [-0.05, 0) is 38.8 Å². The Kier molecular flexibility index (Phi) is 3.90. The molecule has 2 N–H and O–H groups in total. The molecule has 0 amide bonds. The molecule has 1 aliphatic carbocycles. The van der Waals surface area contributed by atoms with Crippen molar-refractivity contribution in [3.8, 4) is 11.3 Å². The highest BCUT2D eigenvalue weighted by Crippen LogP contribution is 2.35. The van der Waals surface area contributed by atoms with E-state index in [1.54, 1.807) is 11.3 Å². The smallest absolute Gasteiger partial charge is 0.164 e. The number of thiazole rings is 1. The standard InChI is InChI=1S/C20H20N6OS/c1-10(2)26-20-17(19(21)22-9-23-20)18(25-26)12-5-6-13-15(7-12)28-16(24-13)8-14(27)11-3-4-11/h5-7,9-11H,3-4,8H2,1-2H3,(H2,21,22,23). The fourth-order valence-electron chi connectivity index (χ4n) is 3.45. The number of nitrogens with two attached hydrogens (primary N) is 1. The predicted molar refractivity (Wildman–Crippen MR) is 110 cm³/mol. The van der Waals surface area contributed by atoms with Crippen LogP contribution < -0.4 is 5.73 Å². The molecule has 142 valence electrons. The summed E-state index contributed by atoms with van der Waals surface area (Å²) in [5, 5.41) is 6.42. The van der Waals surface area contributed by atoms with E-state index in [0.717, 1.165) is 50.4 Å². The molecule has 3 heterocycles. The topological polar surface area (TPSA) is 99.6 Å². The average Bonchev–Trinajstić information content (AvgIpc) is 3.32. The first-order chi connectivity index (χ1) is 13.5. The van der Waals surface area contributed by atoms with Crippen molar-refractivity contribution in [2.45, 2.75) is 39.2 Å². The lowest BCUT2D eigenvalue weighted by atomic mass is 10.1. The van der Waals surface area contributed by atoms with Crippen molar-refractivity contribution < 1.29 is 4.79 Å². The van der Waals surface area contributed by atoms with Crippen LogP contribution in [-0.4, -0.2) is 30.5 Å². The van der Waals surface area contributed by atoms with Crippen LogP contribution in [0.15, 0.2) is 24.5 Å². The summed E-state index contributed by atoms with van der Waals surface area (Å²) < 4.78 is 2.91. The summed E-state index contributed by atoms with van der Waals surface area (Å²) in [7, 11) is 0. The van der Waals surface area contributed by atoms with Crippen LogP contribution >= 0.6 is 11.3 Å². The number of rotatable bonds is 5. The fourth-order valence-corrected chi connectivity index (χ4v) is 4.47. The number of benzene rings is 1. The molecule has 0 unspecified atom stereocenters. The molecular formula is C20H20N6OS. The number of nitrogens with zero attached hydrogens (tertiary/aromatic N) is 5. The lowest BCUT2D eigenvalue weighted by molar-refractivity contribution is -0.119. The second-order valence-electron chi connectivity index (χ2n) is 7.55. The van der Waals surface area contributed by atoms with Gasteiger partial charge in [0.25, 0.3) is 0 Å². The first kappa shape index (κ1) is 17.2. The van der Waals surface area contributed by atoms with Gasteiger partial charge < -0.3 is 5.73 Å². The van der Waals surface area contributed by atoms with Gasteiger partial charge in [-0.2, -0.15) is 5.10 Å². The molecule has 28 heavy (non-hydrogen) atoms. The highest BCUT2D eigenvalue weighted by atomic mass is 32.1. The van der Waals surface area contributed by atoms with Gasteiger partial charge in [-0.3, -0.25) is 4.79 Å². The lowest BCUT2D eigenvalue weighted by Gasteiger charge is -2.05. The van der Waals surface area contributed by atoms with Gasteiger partial charge in [0.05, 0.1) is 22.0 Å². The molecule has 0 bridgehead atoms. The average molecular weight is 392 g/mol. The van der Waals surface area contributed by atoms with E-state index in [4.69, 9.17) is 10.8 Å². The third-order valence-corrected chi connectivity index (χ3v) is 6.09. The minimum Gasteiger partial charge on any atom is -0.383 e. The molecular weight excluding hydrogens is 372 g/mol. The maximum atomic E-state index is 12.1. The van der Waals surface area contributed by atoms with E-state index >= 15 is 0 Å². The Bertz CT molecular complexity index is 1220. The number of ketones is 1. The van der Waals surface area contributed by atoms with Crippen LogP contribution in [0.2, 0.25) is 0 Å². The Balaban J connectivity index is 1.60. The van der Waals surface area contributed by atoms with E-state index in [1.165, 1.54) is 6.33 Å². The summed E-state index contributed by atoms with van der Waals surface area (Å²) in [4.78, 5) is 25.3. The second kappa shape index (κ2) is 6.34. The summed E-state index contributed by atoms with van der Waals surface area (Å²) in [5.41, 5.74) is 9.52. The van der Waals surface area contributed by atoms with Gasteiger partial charge >= 0.3 is 0 Å². The lowest BCUT2D eigenvalue weighted by Crippen LogP contribution is -2.04. The Hall–Kier alpha value is -2.87. The summed E-state index contributed by atoms with van der Waals surface area (Å²) in [6.45, 7) is 4.12. The fraction of sp³-hybridized carbons (Fsp3) is 0.350. The molecule has 1 aliphatic rings. The molecule has 1 aromatic carbocycles. The number of hydrogen-bond donors (Lipinski definition) is 1. The van der Waals surface area contributed by atoms with Crippen molar-refractivity contribution in [1.82, 2.24) is 24.7 Å². The second-order valence-corrected chi connectivity index (χ2v) is 8.67. The molecule has 4 aromatic rings. The van der Waals surface area contributed by atoms with Crippen LogP contribution in [0, 0.1) is 5.92 Å². The van der Waals surface area contributed by atoms with E-state index < -0.39 is 0 Å². The number of anilines is 1. The quantitative estimate of drug-likeness (QED) is 0.555. The molecule has 0 spiro atoms. The predicted octanol–water partition coefficient (Wildman–Crippen LogP) is 3.79. The highest BCUT2D eigenvalue weighted by molar-refractivity contribution is 7.18. The van der Waals surface area contributed by atoms with E-state index in [-0.39, 0.29) is 12.0 Å². The van der Waals surface area contributed by atoms with Crippen LogP contribution in [0.1, 0.15) is 37.7 Å². The largest absolute Gasteiger partial charge is 0.383 e.